The second-order valence-electron chi connectivity index (χ2n) is 9.01. The minimum Gasteiger partial charge on any atom is -0.484 e. The fraction of sp³-hybridized carbons (Fsp3) is 0.143. The second-order valence-corrected chi connectivity index (χ2v) is 11.6. The second kappa shape index (κ2) is 10.4. The maximum atomic E-state index is 13.7. The molecule has 0 aliphatic carbocycles. The number of aromatic nitrogens is 1. The first kappa shape index (κ1) is 25.4. The first-order valence-corrected chi connectivity index (χ1v) is 14.1. The summed E-state index contributed by atoms with van der Waals surface area (Å²) in [6, 6.07) is 22.7. The van der Waals surface area contributed by atoms with E-state index in [2.05, 4.69) is 10.3 Å². The molecule has 3 unspecified atom stereocenters. The molecule has 8 nitrogen and oxygen atoms in total. The number of hydrogen-bond acceptors (Lipinski definition) is 7. The number of rotatable bonds is 6. The summed E-state index contributed by atoms with van der Waals surface area (Å²) < 4.78 is 5.65. The molecule has 0 bridgehead atoms. The number of thiazole rings is 1. The van der Waals surface area contributed by atoms with E-state index in [0.717, 1.165) is 21.8 Å². The van der Waals surface area contributed by atoms with E-state index in [9.17, 15) is 19.2 Å². The molecule has 2 aliphatic heterocycles. The van der Waals surface area contributed by atoms with Gasteiger partial charge in [0.05, 0.1) is 16.6 Å². The summed E-state index contributed by atoms with van der Waals surface area (Å²) in [6.07, 6.45) is 0. The number of halogens is 1. The summed E-state index contributed by atoms with van der Waals surface area (Å²) in [5, 5.41) is 3.27. The van der Waals surface area contributed by atoms with E-state index in [1.807, 2.05) is 6.07 Å². The fourth-order valence-electron chi connectivity index (χ4n) is 4.86. The van der Waals surface area contributed by atoms with E-state index in [-0.39, 0.29) is 29.2 Å². The van der Waals surface area contributed by atoms with Crippen LogP contribution in [0.3, 0.4) is 0 Å². The summed E-state index contributed by atoms with van der Waals surface area (Å²) in [4.78, 5) is 56.3. The SMILES string of the molecule is O=C(COc1ccc(C2c3sc(=O)[nH]c3SC3C(=O)N(c4ccccc4)C(=O)C32)cc1)Nc1ccc(Cl)cc1. The van der Waals surface area contributed by atoms with Crippen LogP contribution in [0.1, 0.15) is 16.4 Å². The van der Waals surface area contributed by atoms with Crippen LogP contribution in [-0.2, 0) is 14.4 Å². The lowest BCUT2D eigenvalue weighted by molar-refractivity contribution is -0.122. The standard InChI is InChI=1S/C28H20ClN3O5S2/c29-16-8-10-17(11-9-16)30-20(33)14-37-19-12-6-15(7-13-19)21-22-24(38-25-23(21)39-28(36)31-25)27(35)32(26(22)34)18-4-2-1-3-5-18/h1-13,21-22,24H,14H2,(H,30,33)(H,31,36). The van der Waals surface area contributed by atoms with Crippen LogP contribution in [0.15, 0.2) is 88.7 Å². The van der Waals surface area contributed by atoms with Crippen molar-refractivity contribution in [3.63, 3.8) is 0 Å². The number of anilines is 2. The molecule has 2 aliphatic rings. The van der Waals surface area contributed by atoms with Crippen molar-refractivity contribution in [2.24, 2.45) is 5.92 Å². The van der Waals surface area contributed by atoms with Crippen molar-refractivity contribution >= 4 is 63.8 Å². The molecule has 3 atom stereocenters. The number of hydrogen-bond donors (Lipinski definition) is 2. The Morgan fingerprint density at radius 3 is 2.38 bits per heavy atom. The molecule has 1 saturated heterocycles. The van der Waals surface area contributed by atoms with E-state index in [1.165, 1.54) is 16.7 Å². The lowest BCUT2D eigenvalue weighted by Gasteiger charge is -2.29. The number of carbonyl (C=O) groups excluding carboxylic acids is 3. The van der Waals surface area contributed by atoms with Crippen molar-refractivity contribution in [1.82, 2.24) is 4.98 Å². The van der Waals surface area contributed by atoms with E-state index < -0.39 is 17.1 Å². The molecule has 0 spiro atoms. The van der Waals surface area contributed by atoms with E-state index >= 15 is 0 Å². The van der Waals surface area contributed by atoms with Gasteiger partial charge in [0, 0.05) is 21.5 Å². The predicted octanol–water partition coefficient (Wildman–Crippen LogP) is 4.90. The average Bonchev–Trinajstić information content (AvgIpc) is 3.43. The maximum Gasteiger partial charge on any atom is 0.305 e. The molecule has 2 N–H and O–H groups in total. The molecule has 0 saturated carbocycles. The van der Waals surface area contributed by atoms with Crippen molar-refractivity contribution in [3.05, 3.63) is 104 Å². The predicted molar refractivity (Wildman–Crippen MR) is 151 cm³/mol. The summed E-state index contributed by atoms with van der Waals surface area (Å²) in [5.74, 6) is -1.60. The topological polar surface area (TPSA) is 109 Å². The third-order valence-corrected chi connectivity index (χ3v) is 9.23. The number of carbonyl (C=O) groups is 3. The number of benzene rings is 3. The molecule has 3 aromatic carbocycles. The van der Waals surface area contributed by atoms with Gasteiger partial charge < -0.3 is 15.0 Å². The van der Waals surface area contributed by atoms with E-state index in [1.54, 1.807) is 72.8 Å². The summed E-state index contributed by atoms with van der Waals surface area (Å²) in [5.41, 5.74) is 1.91. The zero-order chi connectivity index (χ0) is 27.1. The summed E-state index contributed by atoms with van der Waals surface area (Å²) in [7, 11) is 0. The number of H-pyrrole nitrogens is 1. The average molecular weight is 578 g/mol. The van der Waals surface area contributed by atoms with Crippen LogP contribution in [0.2, 0.25) is 5.02 Å². The highest BCUT2D eigenvalue weighted by molar-refractivity contribution is 8.00. The Bertz CT molecular complexity index is 1620. The quantitative estimate of drug-likeness (QED) is 0.316. The van der Waals surface area contributed by atoms with Gasteiger partial charge in [0.25, 0.3) is 5.91 Å². The molecule has 11 heteroatoms. The van der Waals surface area contributed by atoms with Crippen LogP contribution in [0.4, 0.5) is 11.4 Å². The van der Waals surface area contributed by atoms with Gasteiger partial charge in [-0.05, 0) is 54.1 Å². The van der Waals surface area contributed by atoms with Gasteiger partial charge in [0.15, 0.2) is 6.61 Å². The van der Waals surface area contributed by atoms with Crippen LogP contribution < -0.4 is 19.8 Å². The van der Waals surface area contributed by atoms with Crippen LogP contribution in [0, 0.1) is 5.92 Å². The van der Waals surface area contributed by atoms with Crippen LogP contribution >= 0.6 is 34.7 Å². The normalized spacial score (nSPS) is 19.9. The van der Waals surface area contributed by atoms with Crippen molar-refractivity contribution < 1.29 is 19.1 Å². The molecule has 39 heavy (non-hydrogen) atoms. The summed E-state index contributed by atoms with van der Waals surface area (Å²) >= 11 is 8.17. The van der Waals surface area contributed by atoms with Gasteiger partial charge in [-0.1, -0.05) is 65.0 Å². The zero-order valence-corrected chi connectivity index (χ0v) is 22.5. The Hall–Kier alpha value is -3.86. The summed E-state index contributed by atoms with van der Waals surface area (Å²) in [6.45, 7) is -0.199. The van der Waals surface area contributed by atoms with Crippen molar-refractivity contribution in [3.8, 4) is 5.75 Å². The Morgan fingerprint density at radius 1 is 0.949 bits per heavy atom. The Balaban J connectivity index is 1.24. The third-order valence-electron chi connectivity index (χ3n) is 6.58. The molecular weight excluding hydrogens is 558 g/mol. The fourth-order valence-corrected chi connectivity index (χ4v) is 7.50. The molecule has 1 fully saturated rings. The first-order chi connectivity index (χ1) is 18.9. The number of amides is 3. The van der Waals surface area contributed by atoms with Crippen molar-refractivity contribution in [2.75, 3.05) is 16.8 Å². The highest BCUT2D eigenvalue weighted by Gasteiger charge is 2.56. The molecular formula is C28H20ClN3O5S2. The van der Waals surface area contributed by atoms with Crippen LogP contribution in [0.25, 0.3) is 0 Å². The minimum atomic E-state index is -0.668. The molecule has 3 amide bonds. The molecule has 4 aromatic rings. The molecule has 196 valence electrons. The molecule has 0 radical (unpaired) electrons. The van der Waals surface area contributed by atoms with Crippen LogP contribution in [0.5, 0.6) is 5.75 Å². The lowest BCUT2D eigenvalue weighted by Crippen LogP contribution is -2.32. The third kappa shape index (κ3) is 4.87. The molecule has 3 heterocycles. The number of nitrogens with one attached hydrogen (secondary N) is 2. The number of thioether (sulfide) groups is 1. The maximum absolute atomic E-state index is 13.7. The Labute approximate surface area is 236 Å². The number of ether oxygens (including phenoxy) is 1. The number of aromatic amines is 1. The zero-order valence-electron chi connectivity index (χ0n) is 20.1. The van der Waals surface area contributed by atoms with Gasteiger partial charge in [-0.15, -0.1) is 0 Å². The first-order valence-electron chi connectivity index (χ1n) is 12.0. The lowest BCUT2D eigenvalue weighted by atomic mass is 9.83. The smallest absolute Gasteiger partial charge is 0.305 e. The van der Waals surface area contributed by atoms with Gasteiger partial charge in [-0.25, -0.2) is 4.90 Å². The number of fused-ring (bicyclic) bond motifs is 2. The molecule has 6 rings (SSSR count). The van der Waals surface area contributed by atoms with Gasteiger partial charge >= 0.3 is 4.87 Å². The number of imide groups is 1. The number of nitrogens with zero attached hydrogens (tertiary/aromatic N) is 1. The largest absolute Gasteiger partial charge is 0.484 e. The van der Waals surface area contributed by atoms with E-state index in [4.69, 9.17) is 16.3 Å². The minimum absolute atomic E-state index is 0.199. The Morgan fingerprint density at radius 2 is 1.67 bits per heavy atom. The van der Waals surface area contributed by atoms with Crippen LogP contribution in [-0.4, -0.2) is 34.6 Å². The van der Waals surface area contributed by atoms with Gasteiger partial charge in [-0.2, -0.15) is 0 Å². The highest BCUT2D eigenvalue weighted by Crippen LogP contribution is 2.53. The van der Waals surface area contributed by atoms with Gasteiger partial charge in [0.1, 0.15) is 11.0 Å². The van der Waals surface area contributed by atoms with E-state index in [0.29, 0.717) is 27.2 Å². The van der Waals surface area contributed by atoms with Gasteiger partial charge in [-0.3, -0.25) is 19.2 Å². The van der Waals surface area contributed by atoms with Gasteiger partial charge in [0.2, 0.25) is 11.8 Å². The monoisotopic (exact) mass is 577 g/mol. The highest BCUT2D eigenvalue weighted by atomic mass is 35.5. The Kier molecular flexibility index (Phi) is 6.76. The number of para-hydroxylation sites is 1. The van der Waals surface area contributed by atoms with Crippen molar-refractivity contribution in [1.29, 1.82) is 0 Å². The van der Waals surface area contributed by atoms with Crippen molar-refractivity contribution in [2.45, 2.75) is 16.2 Å². The molecule has 1 aromatic heterocycles.